The number of hydrogen-bond donors (Lipinski definition) is 0. The number of piperazine rings is 1. The third-order valence-electron chi connectivity index (χ3n) is 5.84. The highest BCUT2D eigenvalue weighted by atomic mass is 35.5. The van der Waals surface area contributed by atoms with Crippen LogP contribution in [0.1, 0.15) is 18.9 Å². The summed E-state index contributed by atoms with van der Waals surface area (Å²) in [5.74, 6) is 0.583. The minimum atomic E-state index is -0.314. The van der Waals surface area contributed by atoms with Crippen LogP contribution < -0.4 is 4.90 Å². The van der Waals surface area contributed by atoms with E-state index in [-0.39, 0.29) is 23.5 Å². The molecule has 9 heteroatoms. The second-order valence-corrected chi connectivity index (χ2v) is 9.34. The van der Waals surface area contributed by atoms with Gasteiger partial charge in [-0.1, -0.05) is 47.6 Å². The number of nitrogens with zero attached hydrogens (tertiary/aromatic N) is 5. The van der Waals surface area contributed by atoms with Gasteiger partial charge in [0.25, 0.3) is 0 Å². The molecule has 0 radical (unpaired) electrons. The number of benzene rings is 2. The number of amides is 1. The van der Waals surface area contributed by atoms with Crippen LogP contribution in [0.4, 0.5) is 10.1 Å². The lowest BCUT2D eigenvalue weighted by molar-refractivity contribution is -0.128. The molecule has 1 aliphatic carbocycles. The maximum Gasteiger partial charge on any atom is 0.233 e. The summed E-state index contributed by atoms with van der Waals surface area (Å²) < 4.78 is 16.3. The second-order valence-electron chi connectivity index (χ2n) is 8.00. The Morgan fingerprint density at radius 3 is 2.47 bits per heavy atom. The van der Waals surface area contributed by atoms with E-state index < -0.39 is 0 Å². The molecule has 6 nitrogen and oxygen atoms in total. The molecule has 0 atom stereocenters. The largest absolute Gasteiger partial charge is 0.367 e. The molecule has 32 heavy (non-hydrogen) atoms. The summed E-state index contributed by atoms with van der Waals surface area (Å²) in [4.78, 5) is 16.9. The van der Waals surface area contributed by atoms with Gasteiger partial charge >= 0.3 is 0 Å². The molecule has 1 saturated heterocycles. The number of carbonyl (C=O) groups excluding carboxylic acids is 1. The lowest BCUT2D eigenvalue weighted by Gasteiger charge is -2.36. The molecule has 2 aliphatic rings. The molecule has 1 saturated carbocycles. The van der Waals surface area contributed by atoms with Crippen molar-refractivity contribution in [2.45, 2.75) is 24.0 Å². The van der Waals surface area contributed by atoms with Gasteiger partial charge in [0.1, 0.15) is 5.82 Å². The lowest BCUT2D eigenvalue weighted by Crippen LogP contribution is -2.49. The zero-order chi connectivity index (χ0) is 22.1. The first-order valence-corrected chi connectivity index (χ1v) is 12.1. The zero-order valence-corrected chi connectivity index (χ0v) is 19.0. The summed E-state index contributed by atoms with van der Waals surface area (Å²) in [5.41, 5.74) is 1.45. The smallest absolute Gasteiger partial charge is 0.233 e. The molecule has 2 fully saturated rings. The van der Waals surface area contributed by atoms with Crippen molar-refractivity contribution in [3.63, 3.8) is 0 Å². The van der Waals surface area contributed by atoms with E-state index in [4.69, 9.17) is 11.6 Å². The van der Waals surface area contributed by atoms with Gasteiger partial charge < -0.3 is 9.80 Å². The van der Waals surface area contributed by atoms with Gasteiger partial charge in [0.2, 0.25) is 5.91 Å². The average Bonchev–Trinajstić information content (AvgIpc) is 3.57. The lowest BCUT2D eigenvalue weighted by atomic mass is 10.2. The fourth-order valence-corrected chi connectivity index (χ4v) is 5.15. The number of halogens is 2. The van der Waals surface area contributed by atoms with Crippen LogP contribution in [-0.4, -0.2) is 57.5 Å². The van der Waals surface area contributed by atoms with E-state index in [1.54, 1.807) is 18.2 Å². The van der Waals surface area contributed by atoms with Crippen LogP contribution in [0.25, 0.3) is 11.4 Å². The van der Waals surface area contributed by atoms with Gasteiger partial charge in [-0.2, -0.15) is 0 Å². The fraction of sp³-hybridized carbons (Fsp3) is 0.348. The molecule has 0 N–H and O–H groups in total. The van der Waals surface area contributed by atoms with Gasteiger partial charge in [0.05, 0.1) is 22.0 Å². The molecule has 3 aromatic rings. The standard InChI is InChI=1S/C23H23ClFN5OS/c24-18-6-2-4-8-20(18)28-11-13-29(14-12-28)21(31)15-32-23-27-26-22(30(23)16-9-10-16)17-5-1-3-7-19(17)25/h1-8,16H,9-15H2. The van der Waals surface area contributed by atoms with Crippen LogP contribution in [0.2, 0.25) is 5.02 Å². The monoisotopic (exact) mass is 471 g/mol. The van der Waals surface area contributed by atoms with Crippen LogP contribution in [0.3, 0.4) is 0 Å². The number of hydrogen-bond acceptors (Lipinski definition) is 5. The maximum atomic E-state index is 14.3. The topological polar surface area (TPSA) is 54.3 Å². The van der Waals surface area contributed by atoms with E-state index in [2.05, 4.69) is 15.1 Å². The van der Waals surface area contributed by atoms with E-state index in [0.29, 0.717) is 29.6 Å². The number of rotatable bonds is 6. The number of anilines is 1. The van der Waals surface area contributed by atoms with Crippen molar-refractivity contribution in [1.29, 1.82) is 0 Å². The third kappa shape index (κ3) is 4.34. The van der Waals surface area contributed by atoms with E-state index in [9.17, 15) is 9.18 Å². The normalized spacial score (nSPS) is 16.4. The highest BCUT2D eigenvalue weighted by Gasteiger charge is 2.31. The molecule has 1 aromatic heterocycles. The highest BCUT2D eigenvalue weighted by molar-refractivity contribution is 7.99. The Hall–Kier alpha value is -2.58. The zero-order valence-electron chi connectivity index (χ0n) is 17.5. The molecular formula is C23H23ClFN5OS. The highest BCUT2D eigenvalue weighted by Crippen LogP contribution is 2.41. The summed E-state index contributed by atoms with van der Waals surface area (Å²) in [7, 11) is 0. The predicted molar refractivity (Wildman–Crippen MR) is 125 cm³/mol. The van der Waals surface area contributed by atoms with Crippen LogP contribution in [0, 0.1) is 5.82 Å². The average molecular weight is 472 g/mol. The number of thioether (sulfide) groups is 1. The van der Waals surface area contributed by atoms with Crippen molar-refractivity contribution in [2.24, 2.45) is 0 Å². The van der Waals surface area contributed by atoms with Crippen molar-refractivity contribution < 1.29 is 9.18 Å². The van der Waals surface area contributed by atoms with Crippen molar-refractivity contribution in [1.82, 2.24) is 19.7 Å². The van der Waals surface area contributed by atoms with Crippen LogP contribution in [-0.2, 0) is 4.79 Å². The van der Waals surface area contributed by atoms with Gasteiger partial charge in [-0.25, -0.2) is 4.39 Å². The summed E-state index contributed by atoms with van der Waals surface area (Å²) in [6.07, 6.45) is 2.04. The molecule has 0 unspecified atom stereocenters. The first-order valence-electron chi connectivity index (χ1n) is 10.7. The minimum absolute atomic E-state index is 0.0756. The predicted octanol–water partition coefficient (Wildman–Crippen LogP) is 4.51. The van der Waals surface area contributed by atoms with Crippen LogP contribution in [0.5, 0.6) is 0 Å². The Kier molecular flexibility index (Phi) is 6.06. The molecule has 166 valence electrons. The van der Waals surface area contributed by atoms with Crippen molar-refractivity contribution in [3.05, 3.63) is 59.4 Å². The Morgan fingerprint density at radius 2 is 1.75 bits per heavy atom. The van der Waals surface area contributed by atoms with Gasteiger partial charge in [-0.15, -0.1) is 10.2 Å². The molecule has 5 rings (SSSR count). The SMILES string of the molecule is O=C(CSc1nnc(-c2ccccc2F)n1C1CC1)N1CCN(c2ccccc2Cl)CC1. The summed E-state index contributed by atoms with van der Waals surface area (Å²) in [6, 6.07) is 14.7. The Morgan fingerprint density at radius 1 is 1.03 bits per heavy atom. The number of para-hydroxylation sites is 1. The van der Waals surface area contributed by atoms with Gasteiger partial charge in [0.15, 0.2) is 11.0 Å². The van der Waals surface area contributed by atoms with Gasteiger partial charge in [0, 0.05) is 32.2 Å². The Balaban J connectivity index is 1.23. The van der Waals surface area contributed by atoms with Gasteiger partial charge in [-0.3, -0.25) is 9.36 Å². The van der Waals surface area contributed by atoms with E-state index in [0.717, 1.165) is 36.6 Å². The van der Waals surface area contributed by atoms with Gasteiger partial charge in [-0.05, 0) is 37.1 Å². The fourth-order valence-electron chi connectivity index (χ4n) is 3.99. The summed E-state index contributed by atoms with van der Waals surface area (Å²) in [5, 5.41) is 9.95. The number of aromatic nitrogens is 3. The van der Waals surface area contributed by atoms with Crippen molar-refractivity contribution >= 4 is 35.0 Å². The third-order valence-corrected chi connectivity index (χ3v) is 7.09. The van der Waals surface area contributed by atoms with E-state index in [1.807, 2.05) is 33.7 Å². The van der Waals surface area contributed by atoms with E-state index in [1.165, 1.54) is 17.8 Å². The Bertz CT molecular complexity index is 1130. The second kappa shape index (κ2) is 9.11. The Labute approximate surface area is 195 Å². The molecular weight excluding hydrogens is 449 g/mol. The quantitative estimate of drug-likeness (QED) is 0.495. The first kappa shape index (κ1) is 21.3. The van der Waals surface area contributed by atoms with Crippen molar-refractivity contribution in [3.8, 4) is 11.4 Å². The molecule has 1 aliphatic heterocycles. The first-order chi connectivity index (χ1) is 15.6. The minimum Gasteiger partial charge on any atom is -0.367 e. The maximum absolute atomic E-state index is 14.3. The van der Waals surface area contributed by atoms with E-state index >= 15 is 0 Å². The molecule has 1 amide bonds. The molecule has 0 bridgehead atoms. The van der Waals surface area contributed by atoms with Crippen LogP contribution in [0.15, 0.2) is 53.7 Å². The number of carbonyl (C=O) groups is 1. The summed E-state index contributed by atoms with van der Waals surface area (Å²) in [6.45, 7) is 2.80. The molecule has 0 spiro atoms. The van der Waals surface area contributed by atoms with Crippen LogP contribution >= 0.6 is 23.4 Å². The van der Waals surface area contributed by atoms with Crippen molar-refractivity contribution in [2.75, 3.05) is 36.8 Å². The molecule has 2 heterocycles. The summed E-state index contributed by atoms with van der Waals surface area (Å²) >= 11 is 7.69. The molecule has 2 aromatic carbocycles.